The lowest BCUT2D eigenvalue weighted by Crippen LogP contribution is -3.16. The Morgan fingerprint density at radius 3 is 2.55 bits per heavy atom. The van der Waals surface area contributed by atoms with Gasteiger partial charge in [-0.3, -0.25) is 4.79 Å². The number of quaternary nitrogens is 1. The molecule has 6 heteroatoms. The lowest BCUT2D eigenvalue weighted by atomic mass is 10.2. The van der Waals surface area contributed by atoms with Gasteiger partial charge in [0.1, 0.15) is 36.8 Å². The summed E-state index contributed by atoms with van der Waals surface area (Å²) in [5.41, 5.74) is 0.626. The molecular formula is C16H25N2O4+. The number of ether oxygens (including phenoxy) is 3. The van der Waals surface area contributed by atoms with Gasteiger partial charge in [-0.2, -0.15) is 0 Å². The van der Waals surface area contributed by atoms with Crippen LogP contribution in [0.4, 0.5) is 5.69 Å². The standard InChI is InChI=1S/C16H24N2O4/c1-11-8-18(9-12(2)22-11)10-16(19)17-14-7-13(20-3)5-6-15(14)21-4/h5-7,11-12H,8-10H2,1-4H3,(H,17,19)/p+1/t11-,12-/m0/s1. The van der Waals surface area contributed by atoms with Gasteiger partial charge in [0.05, 0.1) is 19.9 Å². The second kappa shape index (κ2) is 7.47. The Balaban J connectivity index is 1.99. The van der Waals surface area contributed by atoms with Gasteiger partial charge in [-0.1, -0.05) is 0 Å². The first kappa shape index (κ1) is 16.6. The van der Waals surface area contributed by atoms with E-state index in [1.807, 2.05) is 13.8 Å². The number of benzene rings is 1. The predicted molar refractivity (Wildman–Crippen MR) is 83.7 cm³/mol. The Morgan fingerprint density at radius 2 is 1.95 bits per heavy atom. The zero-order valence-electron chi connectivity index (χ0n) is 13.6. The normalized spacial score (nSPS) is 24.6. The summed E-state index contributed by atoms with van der Waals surface area (Å²) in [5, 5.41) is 2.91. The molecule has 2 atom stereocenters. The number of morpholine rings is 1. The van der Waals surface area contributed by atoms with Gasteiger partial charge >= 0.3 is 0 Å². The minimum absolute atomic E-state index is 0.0390. The lowest BCUT2D eigenvalue weighted by Gasteiger charge is -2.31. The molecule has 0 aromatic heterocycles. The van der Waals surface area contributed by atoms with E-state index in [0.717, 1.165) is 13.1 Å². The fraction of sp³-hybridized carbons (Fsp3) is 0.562. The van der Waals surface area contributed by atoms with Crippen molar-refractivity contribution < 1.29 is 23.9 Å². The minimum Gasteiger partial charge on any atom is -0.497 e. The highest BCUT2D eigenvalue weighted by molar-refractivity contribution is 5.93. The van der Waals surface area contributed by atoms with Crippen LogP contribution in [0.2, 0.25) is 0 Å². The highest BCUT2D eigenvalue weighted by Crippen LogP contribution is 2.28. The molecule has 0 radical (unpaired) electrons. The molecule has 1 aliphatic rings. The van der Waals surface area contributed by atoms with Crippen LogP contribution in [0.25, 0.3) is 0 Å². The monoisotopic (exact) mass is 309 g/mol. The van der Waals surface area contributed by atoms with Crippen LogP contribution in [-0.4, -0.2) is 52.0 Å². The number of anilines is 1. The van der Waals surface area contributed by atoms with E-state index >= 15 is 0 Å². The maximum absolute atomic E-state index is 12.3. The molecule has 0 spiro atoms. The number of hydrogen-bond donors (Lipinski definition) is 2. The molecule has 1 amide bonds. The summed E-state index contributed by atoms with van der Waals surface area (Å²) in [6.07, 6.45) is 0.357. The Morgan fingerprint density at radius 1 is 1.27 bits per heavy atom. The number of carbonyl (C=O) groups is 1. The predicted octanol–water partition coefficient (Wildman–Crippen LogP) is 0.334. The van der Waals surface area contributed by atoms with Crippen molar-refractivity contribution in [1.29, 1.82) is 0 Å². The first-order chi connectivity index (χ1) is 10.5. The minimum atomic E-state index is -0.0390. The molecule has 0 saturated carbocycles. The third-order valence-electron chi connectivity index (χ3n) is 3.71. The van der Waals surface area contributed by atoms with Crippen LogP contribution < -0.4 is 19.7 Å². The fourth-order valence-corrected chi connectivity index (χ4v) is 2.87. The maximum atomic E-state index is 12.3. The van der Waals surface area contributed by atoms with Crippen molar-refractivity contribution in [1.82, 2.24) is 0 Å². The number of amides is 1. The van der Waals surface area contributed by atoms with Crippen molar-refractivity contribution in [3.8, 4) is 11.5 Å². The molecule has 0 bridgehead atoms. The fourth-order valence-electron chi connectivity index (χ4n) is 2.87. The van der Waals surface area contributed by atoms with Gasteiger partial charge in [0.25, 0.3) is 5.91 Å². The third kappa shape index (κ3) is 4.35. The summed E-state index contributed by atoms with van der Waals surface area (Å²) in [6.45, 7) is 6.18. The summed E-state index contributed by atoms with van der Waals surface area (Å²) in [4.78, 5) is 13.5. The smallest absolute Gasteiger partial charge is 0.279 e. The summed E-state index contributed by atoms with van der Waals surface area (Å²) >= 11 is 0. The van der Waals surface area contributed by atoms with Crippen molar-refractivity contribution in [3.05, 3.63) is 18.2 Å². The Kier molecular flexibility index (Phi) is 5.63. The van der Waals surface area contributed by atoms with Gasteiger partial charge < -0.3 is 24.4 Å². The SMILES string of the molecule is COc1ccc(OC)c(NC(=O)C[NH+]2C[C@H](C)O[C@@H](C)C2)c1. The van der Waals surface area contributed by atoms with E-state index in [-0.39, 0.29) is 18.1 Å². The molecule has 2 rings (SSSR count). The van der Waals surface area contributed by atoms with E-state index in [1.165, 1.54) is 4.90 Å². The highest BCUT2D eigenvalue weighted by atomic mass is 16.5. The van der Waals surface area contributed by atoms with Gasteiger partial charge in [-0.15, -0.1) is 0 Å². The molecule has 1 aliphatic heterocycles. The van der Waals surface area contributed by atoms with Crippen molar-refractivity contribution >= 4 is 11.6 Å². The third-order valence-corrected chi connectivity index (χ3v) is 3.71. The number of hydrogen-bond acceptors (Lipinski definition) is 4. The molecule has 1 heterocycles. The number of rotatable bonds is 5. The lowest BCUT2D eigenvalue weighted by molar-refractivity contribution is -0.907. The van der Waals surface area contributed by atoms with E-state index in [9.17, 15) is 4.79 Å². The van der Waals surface area contributed by atoms with Crippen LogP contribution in [0, 0.1) is 0 Å². The van der Waals surface area contributed by atoms with Gasteiger partial charge in [0.15, 0.2) is 6.54 Å². The van der Waals surface area contributed by atoms with Gasteiger partial charge in [-0.25, -0.2) is 0 Å². The van der Waals surface area contributed by atoms with E-state index in [0.29, 0.717) is 23.7 Å². The van der Waals surface area contributed by atoms with Crippen LogP contribution in [0.5, 0.6) is 11.5 Å². The molecule has 0 aliphatic carbocycles. The molecule has 1 fully saturated rings. The topological polar surface area (TPSA) is 61.2 Å². The summed E-state index contributed by atoms with van der Waals surface area (Å²) in [5.74, 6) is 1.26. The van der Waals surface area contributed by atoms with E-state index in [4.69, 9.17) is 14.2 Å². The van der Waals surface area contributed by atoms with E-state index in [1.54, 1.807) is 32.4 Å². The average molecular weight is 309 g/mol. The number of carbonyl (C=O) groups excluding carboxylic acids is 1. The average Bonchev–Trinajstić information content (AvgIpc) is 2.45. The van der Waals surface area contributed by atoms with Gasteiger partial charge in [0.2, 0.25) is 0 Å². The molecule has 2 N–H and O–H groups in total. The summed E-state index contributed by atoms with van der Waals surface area (Å²) < 4.78 is 16.2. The second-order valence-corrected chi connectivity index (χ2v) is 5.71. The quantitative estimate of drug-likeness (QED) is 0.823. The van der Waals surface area contributed by atoms with Crippen molar-refractivity contribution in [3.63, 3.8) is 0 Å². The maximum Gasteiger partial charge on any atom is 0.279 e. The second-order valence-electron chi connectivity index (χ2n) is 5.71. The van der Waals surface area contributed by atoms with Gasteiger partial charge in [-0.05, 0) is 26.0 Å². The summed E-state index contributed by atoms with van der Waals surface area (Å²) in [7, 11) is 3.17. The first-order valence-electron chi connectivity index (χ1n) is 7.52. The van der Waals surface area contributed by atoms with Crippen LogP contribution in [0.3, 0.4) is 0 Å². The first-order valence-corrected chi connectivity index (χ1v) is 7.52. The zero-order valence-corrected chi connectivity index (χ0v) is 13.6. The molecule has 0 unspecified atom stereocenters. The summed E-state index contributed by atoms with van der Waals surface area (Å²) in [6, 6.07) is 5.34. The molecular weight excluding hydrogens is 284 g/mol. The van der Waals surface area contributed by atoms with Crippen molar-refractivity contribution in [2.75, 3.05) is 39.2 Å². The van der Waals surface area contributed by atoms with Crippen LogP contribution >= 0.6 is 0 Å². The molecule has 1 aromatic rings. The van der Waals surface area contributed by atoms with Crippen molar-refractivity contribution in [2.45, 2.75) is 26.1 Å². The molecule has 1 aromatic carbocycles. The molecule has 1 saturated heterocycles. The Bertz CT molecular complexity index is 511. The Hall–Kier alpha value is -1.79. The molecule has 6 nitrogen and oxygen atoms in total. The Labute approximate surface area is 131 Å². The van der Waals surface area contributed by atoms with Gasteiger partial charge in [0, 0.05) is 6.07 Å². The van der Waals surface area contributed by atoms with Crippen LogP contribution in [-0.2, 0) is 9.53 Å². The van der Waals surface area contributed by atoms with Crippen molar-refractivity contribution in [2.24, 2.45) is 0 Å². The van der Waals surface area contributed by atoms with Crippen LogP contribution in [0.1, 0.15) is 13.8 Å². The number of nitrogens with one attached hydrogen (secondary N) is 2. The van der Waals surface area contributed by atoms with E-state index in [2.05, 4.69) is 5.32 Å². The number of methoxy groups -OCH3 is 2. The highest BCUT2D eigenvalue weighted by Gasteiger charge is 2.27. The largest absolute Gasteiger partial charge is 0.497 e. The molecule has 122 valence electrons. The zero-order chi connectivity index (χ0) is 16.1. The van der Waals surface area contributed by atoms with E-state index < -0.39 is 0 Å². The molecule has 22 heavy (non-hydrogen) atoms. The van der Waals surface area contributed by atoms with Crippen LogP contribution in [0.15, 0.2) is 18.2 Å².